The average Bonchev–Trinajstić information content (AvgIpc) is 3.29. The Hall–Kier alpha value is -2.63. The van der Waals surface area contributed by atoms with Gasteiger partial charge in [0.2, 0.25) is 0 Å². The summed E-state index contributed by atoms with van der Waals surface area (Å²) in [6.45, 7) is 0.586. The van der Waals surface area contributed by atoms with Crippen molar-refractivity contribution in [2.24, 2.45) is 0 Å². The van der Waals surface area contributed by atoms with Crippen LogP contribution in [0, 0.1) is 0 Å². The highest BCUT2D eigenvalue weighted by Gasteiger charge is 2.09. The van der Waals surface area contributed by atoms with E-state index in [-0.39, 0.29) is 6.54 Å². The predicted molar refractivity (Wildman–Crippen MR) is 101 cm³/mol. The van der Waals surface area contributed by atoms with Crippen LogP contribution >= 0.6 is 11.3 Å². The lowest BCUT2D eigenvalue weighted by atomic mass is 9.98. The molecule has 3 rings (SSSR count). The van der Waals surface area contributed by atoms with E-state index in [9.17, 15) is 4.79 Å². The number of hydrogen-bond acceptors (Lipinski definition) is 4. The quantitative estimate of drug-likeness (QED) is 0.681. The zero-order valence-electron chi connectivity index (χ0n) is 13.9. The Morgan fingerprint density at radius 2 is 2.00 bits per heavy atom. The largest absolute Gasteiger partial charge is 0.480 e. The summed E-state index contributed by atoms with van der Waals surface area (Å²) < 4.78 is 5.43. The minimum Gasteiger partial charge on any atom is -0.480 e. The van der Waals surface area contributed by atoms with Gasteiger partial charge in [-0.25, -0.2) is 0 Å². The van der Waals surface area contributed by atoms with E-state index in [0.717, 1.165) is 28.0 Å². The highest BCUT2D eigenvalue weighted by atomic mass is 32.1. The van der Waals surface area contributed by atoms with E-state index in [0.29, 0.717) is 6.54 Å². The number of nitrogens with zero attached hydrogens (tertiary/aromatic N) is 1. The Bertz CT molecular complexity index is 834. The molecule has 128 valence electrons. The van der Waals surface area contributed by atoms with Gasteiger partial charge in [0.05, 0.1) is 12.8 Å². The van der Waals surface area contributed by atoms with Crippen LogP contribution in [0.5, 0.6) is 0 Å². The van der Waals surface area contributed by atoms with Crippen LogP contribution in [-0.2, 0) is 4.79 Å². The second-order valence-electron chi connectivity index (χ2n) is 5.77. The summed E-state index contributed by atoms with van der Waals surface area (Å²) in [5, 5.41) is 13.0. The first-order valence-electron chi connectivity index (χ1n) is 7.91. The van der Waals surface area contributed by atoms with Crippen molar-refractivity contribution in [2.45, 2.75) is 0 Å². The SMILES string of the molecule is CN(C/C=C(/c1ccc(-c2ccco2)cc1)c1ccsc1)CC(=O)O. The number of likely N-dealkylation sites (N-methyl/N-ethyl adjacent to an activating group) is 1. The zero-order chi connectivity index (χ0) is 17.6. The highest BCUT2D eigenvalue weighted by Crippen LogP contribution is 2.28. The number of carboxylic acids is 1. The lowest BCUT2D eigenvalue weighted by Crippen LogP contribution is -2.25. The standard InChI is InChI=1S/C20H19NO3S/c1-21(13-20(22)23)10-8-18(17-9-12-25-14-17)15-4-6-16(7-5-15)19-3-2-11-24-19/h2-9,11-12,14H,10,13H2,1H3,(H,22,23)/b18-8-. The molecule has 0 aliphatic heterocycles. The molecule has 0 amide bonds. The first kappa shape index (κ1) is 17.2. The smallest absolute Gasteiger partial charge is 0.317 e. The molecular weight excluding hydrogens is 334 g/mol. The fourth-order valence-corrected chi connectivity index (χ4v) is 3.28. The summed E-state index contributed by atoms with van der Waals surface area (Å²) in [6.07, 6.45) is 3.74. The number of thiophene rings is 1. The van der Waals surface area contributed by atoms with Gasteiger partial charge in [-0.3, -0.25) is 9.69 Å². The van der Waals surface area contributed by atoms with E-state index in [2.05, 4.69) is 29.7 Å². The van der Waals surface area contributed by atoms with Crippen molar-refractivity contribution in [3.63, 3.8) is 0 Å². The third kappa shape index (κ3) is 4.47. The van der Waals surface area contributed by atoms with Crippen LogP contribution in [0.2, 0.25) is 0 Å². The molecule has 0 bridgehead atoms. The summed E-state index contributed by atoms with van der Waals surface area (Å²) in [4.78, 5) is 12.6. The molecule has 0 radical (unpaired) electrons. The number of furan rings is 1. The van der Waals surface area contributed by atoms with Crippen molar-refractivity contribution in [2.75, 3.05) is 20.1 Å². The van der Waals surface area contributed by atoms with Crippen LogP contribution in [0.4, 0.5) is 0 Å². The first-order chi connectivity index (χ1) is 12.1. The van der Waals surface area contributed by atoms with Crippen molar-refractivity contribution in [3.05, 3.63) is 76.7 Å². The van der Waals surface area contributed by atoms with Gasteiger partial charge in [-0.2, -0.15) is 11.3 Å². The zero-order valence-corrected chi connectivity index (χ0v) is 14.7. The Kier molecular flexibility index (Phi) is 5.48. The molecule has 3 aromatic rings. The van der Waals surface area contributed by atoms with Crippen LogP contribution in [0.1, 0.15) is 11.1 Å². The van der Waals surface area contributed by atoms with Gasteiger partial charge in [0.25, 0.3) is 0 Å². The molecule has 0 unspecified atom stereocenters. The molecule has 5 heteroatoms. The fraction of sp³-hybridized carbons (Fsp3) is 0.150. The van der Waals surface area contributed by atoms with E-state index in [1.807, 2.05) is 29.6 Å². The normalized spacial score (nSPS) is 11.8. The highest BCUT2D eigenvalue weighted by molar-refractivity contribution is 7.08. The van der Waals surface area contributed by atoms with Gasteiger partial charge in [-0.1, -0.05) is 30.3 Å². The summed E-state index contributed by atoms with van der Waals surface area (Å²) in [5.41, 5.74) is 4.36. The Morgan fingerprint density at radius 1 is 1.20 bits per heavy atom. The van der Waals surface area contributed by atoms with Crippen LogP contribution < -0.4 is 0 Å². The maximum atomic E-state index is 10.8. The van der Waals surface area contributed by atoms with Crippen LogP contribution in [0.3, 0.4) is 0 Å². The number of aliphatic carboxylic acids is 1. The van der Waals surface area contributed by atoms with Crippen LogP contribution in [-0.4, -0.2) is 36.1 Å². The maximum Gasteiger partial charge on any atom is 0.317 e. The Labute approximate surface area is 150 Å². The first-order valence-corrected chi connectivity index (χ1v) is 8.85. The molecule has 0 saturated carbocycles. The molecule has 1 aromatic carbocycles. The van der Waals surface area contributed by atoms with E-state index in [4.69, 9.17) is 9.52 Å². The molecule has 0 spiro atoms. The molecule has 0 saturated heterocycles. The van der Waals surface area contributed by atoms with Crippen molar-refractivity contribution >= 4 is 22.9 Å². The minimum absolute atomic E-state index is 0.0187. The number of rotatable bonds is 7. The molecule has 2 aromatic heterocycles. The van der Waals surface area contributed by atoms with Crippen molar-refractivity contribution < 1.29 is 14.3 Å². The number of benzene rings is 1. The molecule has 1 N–H and O–H groups in total. The molecule has 0 fully saturated rings. The fourth-order valence-electron chi connectivity index (χ4n) is 2.62. The number of carbonyl (C=O) groups is 1. The summed E-state index contributed by atoms with van der Waals surface area (Å²) in [5.74, 6) is 0.0181. The summed E-state index contributed by atoms with van der Waals surface area (Å²) >= 11 is 1.65. The van der Waals surface area contributed by atoms with Crippen LogP contribution in [0.25, 0.3) is 16.9 Å². The third-order valence-electron chi connectivity index (χ3n) is 3.85. The predicted octanol–water partition coefficient (Wildman–Crippen LogP) is 4.46. The molecule has 0 aliphatic rings. The monoisotopic (exact) mass is 353 g/mol. The van der Waals surface area contributed by atoms with Crippen LogP contribution in [0.15, 0.2) is 70.0 Å². The van der Waals surface area contributed by atoms with E-state index < -0.39 is 5.97 Å². The van der Waals surface area contributed by atoms with Gasteiger partial charge in [-0.05, 0) is 52.7 Å². The molecule has 2 heterocycles. The van der Waals surface area contributed by atoms with E-state index in [1.54, 1.807) is 29.5 Å². The second-order valence-corrected chi connectivity index (χ2v) is 6.55. The van der Waals surface area contributed by atoms with Gasteiger partial charge in [-0.15, -0.1) is 0 Å². The second kappa shape index (κ2) is 7.96. The third-order valence-corrected chi connectivity index (χ3v) is 4.53. The molecule has 0 aliphatic carbocycles. The molecule has 25 heavy (non-hydrogen) atoms. The van der Waals surface area contributed by atoms with Crippen molar-refractivity contribution in [3.8, 4) is 11.3 Å². The van der Waals surface area contributed by atoms with Gasteiger partial charge >= 0.3 is 5.97 Å². The van der Waals surface area contributed by atoms with Gasteiger partial charge < -0.3 is 9.52 Å². The number of hydrogen-bond donors (Lipinski definition) is 1. The lowest BCUT2D eigenvalue weighted by molar-refractivity contribution is -0.137. The van der Waals surface area contributed by atoms with Crippen molar-refractivity contribution in [1.82, 2.24) is 4.90 Å². The topological polar surface area (TPSA) is 53.7 Å². The number of carboxylic acid groups (broad SMARTS) is 1. The van der Waals surface area contributed by atoms with Gasteiger partial charge in [0, 0.05) is 12.1 Å². The Balaban J connectivity index is 1.86. The lowest BCUT2D eigenvalue weighted by Gasteiger charge is -2.13. The Morgan fingerprint density at radius 3 is 2.60 bits per heavy atom. The van der Waals surface area contributed by atoms with Gasteiger partial charge in [0.15, 0.2) is 0 Å². The minimum atomic E-state index is -0.823. The molecule has 0 atom stereocenters. The maximum absolute atomic E-state index is 10.8. The van der Waals surface area contributed by atoms with E-state index in [1.165, 1.54) is 0 Å². The summed E-state index contributed by atoms with van der Waals surface area (Å²) in [7, 11) is 1.80. The van der Waals surface area contributed by atoms with Gasteiger partial charge in [0.1, 0.15) is 5.76 Å². The molecule has 4 nitrogen and oxygen atoms in total. The van der Waals surface area contributed by atoms with E-state index >= 15 is 0 Å². The molecular formula is C20H19NO3S. The van der Waals surface area contributed by atoms with Crippen molar-refractivity contribution in [1.29, 1.82) is 0 Å². The average molecular weight is 353 g/mol. The summed E-state index contributed by atoms with van der Waals surface area (Å²) in [6, 6.07) is 14.1.